The van der Waals surface area contributed by atoms with Gasteiger partial charge in [0, 0.05) is 5.69 Å². The van der Waals surface area contributed by atoms with E-state index in [0.717, 1.165) is 18.5 Å². The summed E-state index contributed by atoms with van der Waals surface area (Å²) in [6, 6.07) is 3.62. The average Bonchev–Trinajstić information content (AvgIpc) is 2.70. The number of anilines is 1. The van der Waals surface area contributed by atoms with Gasteiger partial charge in [0.15, 0.2) is 0 Å². The maximum absolute atomic E-state index is 11.8. The molecular weight excluding hydrogens is 204 g/mol. The maximum atomic E-state index is 11.8. The summed E-state index contributed by atoms with van der Waals surface area (Å²) in [5, 5.41) is 12.7. The first-order chi connectivity index (χ1) is 7.60. The van der Waals surface area contributed by atoms with Gasteiger partial charge >= 0.3 is 0 Å². The Bertz CT molecular complexity index is 381. The minimum Gasteiger partial charge on any atom is -0.380 e. The van der Waals surface area contributed by atoms with E-state index in [1.807, 2.05) is 13.0 Å². The number of aliphatic hydroxyl groups is 1. The summed E-state index contributed by atoms with van der Waals surface area (Å²) in [6.45, 7) is 1.89. The van der Waals surface area contributed by atoms with Crippen molar-refractivity contribution in [3.05, 3.63) is 24.0 Å². The summed E-state index contributed by atoms with van der Waals surface area (Å²) in [7, 11) is 0. The zero-order chi connectivity index (χ0) is 11.6. The molecule has 0 aromatic carbocycles. The Hall–Kier alpha value is -1.42. The Morgan fingerprint density at radius 1 is 1.44 bits per heavy atom. The number of nitrogens with zero attached hydrogens (tertiary/aromatic N) is 1. The van der Waals surface area contributed by atoms with Crippen LogP contribution in [-0.4, -0.2) is 21.6 Å². The standard InChI is InChI=1S/C12H16N2O2/c1-9-4-5-10(8-13-9)14-11(15)12(16)6-2-3-7-12/h4-5,8,16H,2-3,6-7H2,1H3,(H,14,15). The van der Waals surface area contributed by atoms with Crippen molar-refractivity contribution in [1.82, 2.24) is 4.98 Å². The Labute approximate surface area is 94.7 Å². The molecular formula is C12H16N2O2. The molecule has 1 fully saturated rings. The highest BCUT2D eigenvalue weighted by Gasteiger charge is 2.38. The molecule has 2 rings (SSSR count). The molecule has 1 saturated carbocycles. The number of pyridine rings is 1. The topological polar surface area (TPSA) is 62.2 Å². The molecule has 16 heavy (non-hydrogen) atoms. The van der Waals surface area contributed by atoms with Gasteiger partial charge in [0.25, 0.3) is 5.91 Å². The van der Waals surface area contributed by atoms with Crippen LogP contribution in [0.3, 0.4) is 0 Å². The monoisotopic (exact) mass is 220 g/mol. The van der Waals surface area contributed by atoms with Gasteiger partial charge < -0.3 is 10.4 Å². The molecule has 0 atom stereocenters. The first-order valence-corrected chi connectivity index (χ1v) is 5.57. The number of rotatable bonds is 2. The van der Waals surface area contributed by atoms with Gasteiger partial charge in [0.1, 0.15) is 5.60 Å². The Kier molecular flexibility index (Phi) is 2.92. The molecule has 0 saturated heterocycles. The molecule has 0 aliphatic heterocycles. The molecule has 1 heterocycles. The van der Waals surface area contributed by atoms with Gasteiger partial charge in [-0.1, -0.05) is 0 Å². The summed E-state index contributed by atoms with van der Waals surface area (Å²) in [6.07, 6.45) is 4.54. The van der Waals surface area contributed by atoms with E-state index in [-0.39, 0.29) is 5.91 Å². The predicted octanol–water partition coefficient (Wildman–Crippen LogP) is 1.63. The van der Waals surface area contributed by atoms with Crippen molar-refractivity contribution in [3.63, 3.8) is 0 Å². The van der Waals surface area contributed by atoms with E-state index >= 15 is 0 Å². The van der Waals surface area contributed by atoms with Crippen LogP contribution in [0, 0.1) is 6.92 Å². The molecule has 4 heteroatoms. The fourth-order valence-electron chi connectivity index (χ4n) is 1.98. The summed E-state index contributed by atoms with van der Waals surface area (Å²) in [5.41, 5.74) is 0.360. The zero-order valence-electron chi connectivity index (χ0n) is 9.36. The van der Waals surface area contributed by atoms with E-state index in [1.54, 1.807) is 12.3 Å². The first-order valence-electron chi connectivity index (χ1n) is 5.57. The first kappa shape index (κ1) is 11.1. The highest BCUT2D eigenvalue weighted by Crippen LogP contribution is 2.30. The second-order valence-corrected chi connectivity index (χ2v) is 4.38. The third kappa shape index (κ3) is 2.22. The van der Waals surface area contributed by atoms with Crippen molar-refractivity contribution >= 4 is 11.6 Å². The number of nitrogens with one attached hydrogen (secondary N) is 1. The van der Waals surface area contributed by atoms with Crippen molar-refractivity contribution in [2.45, 2.75) is 38.2 Å². The SMILES string of the molecule is Cc1ccc(NC(=O)C2(O)CCCC2)cn1. The predicted molar refractivity (Wildman–Crippen MR) is 61.0 cm³/mol. The minimum atomic E-state index is -1.18. The van der Waals surface area contributed by atoms with Gasteiger partial charge in [-0.2, -0.15) is 0 Å². The lowest BCUT2D eigenvalue weighted by atomic mass is 10.0. The van der Waals surface area contributed by atoms with E-state index in [2.05, 4.69) is 10.3 Å². The van der Waals surface area contributed by atoms with Gasteiger partial charge in [-0.25, -0.2) is 0 Å². The third-order valence-electron chi connectivity index (χ3n) is 3.02. The van der Waals surface area contributed by atoms with Crippen molar-refractivity contribution in [1.29, 1.82) is 0 Å². The molecule has 0 spiro atoms. The van der Waals surface area contributed by atoms with Gasteiger partial charge in [-0.3, -0.25) is 9.78 Å². The van der Waals surface area contributed by atoms with Crippen LogP contribution in [0.4, 0.5) is 5.69 Å². The van der Waals surface area contributed by atoms with Gasteiger partial charge in [-0.05, 0) is 44.7 Å². The zero-order valence-corrected chi connectivity index (χ0v) is 9.36. The lowest BCUT2D eigenvalue weighted by Crippen LogP contribution is -2.40. The van der Waals surface area contributed by atoms with Crippen LogP contribution in [0.25, 0.3) is 0 Å². The normalized spacial score (nSPS) is 18.4. The van der Waals surface area contributed by atoms with E-state index in [1.165, 1.54) is 0 Å². The lowest BCUT2D eigenvalue weighted by molar-refractivity contribution is -0.133. The highest BCUT2D eigenvalue weighted by molar-refractivity contribution is 5.97. The maximum Gasteiger partial charge on any atom is 0.256 e. The Morgan fingerprint density at radius 3 is 2.69 bits per heavy atom. The molecule has 0 unspecified atom stereocenters. The van der Waals surface area contributed by atoms with Crippen molar-refractivity contribution in [3.8, 4) is 0 Å². The fraction of sp³-hybridized carbons (Fsp3) is 0.500. The smallest absolute Gasteiger partial charge is 0.256 e. The highest BCUT2D eigenvalue weighted by atomic mass is 16.3. The van der Waals surface area contributed by atoms with Crippen LogP contribution in [-0.2, 0) is 4.79 Å². The summed E-state index contributed by atoms with van der Waals surface area (Å²) in [4.78, 5) is 15.9. The van der Waals surface area contributed by atoms with Crippen LogP contribution in [0.1, 0.15) is 31.4 Å². The summed E-state index contributed by atoms with van der Waals surface area (Å²) < 4.78 is 0. The Morgan fingerprint density at radius 2 is 2.12 bits per heavy atom. The van der Waals surface area contributed by atoms with Gasteiger partial charge in [-0.15, -0.1) is 0 Å². The van der Waals surface area contributed by atoms with Crippen LogP contribution in [0.2, 0.25) is 0 Å². The average molecular weight is 220 g/mol. The quantitative estimate of drug-likeness (QED) is 0.796. The number of amides is 1. The van der Waals surface area contributed by atoms with E-state index in [0.29, 0.717) is 18.5 Å². The molecule has 0 bridgehead atoms. The number of hydrogen-bond donors (Lipinski definition) is 2. The van der Waals surface area contributed by atoms with Crippen molar-refractivity contribution in [2.75, 3.05) is 5.32 Å². The lowest BCUT2D eigenvalue weighted by Gasteiger charge is -2.20. The molecule has 1 aliphatic carbocycles. The Balaban J connectivity index is 2.04. The number of aryl methyl sites for hydroxylation is 1. The van der Waals surface area contributed by atoms with Gasteiger partial charge in [0.05, 0.1) is 11.9 Å². The third-order valence-corrected chi connectivity index (χ3v) is 3.02. The van der Waals surface area contributed by atoms with E-state index in [4.69, 9.17) is 0 Å². The second kappa shape index (κ2) is 4.22. The van der Waals surface area contributed by atoms with Crippen LogP contribution >= 0.6 is 0 Å². The summed E-state index contributed by atoms with van der Waals surface area (Å²) in [5.74, 6) is -0.310. The molecule has 86 valence electrons. The van der Waals surface area contributed by atoms with E-state index < -0.39 is 5.60 Å². The molecule has 1 aromatic rings. The number of aromatic nitrogens is 1. The number of hydrogen-bond acceptors (Lipinski definition) is 3. The molecule has 4 nitrogen and oxygen atoms in total. The van der Waals surface area contributed by atoms with Gasteiger partial charge in [0.2, 0.25) is 0 Å². The van der Waals surface area contributed by atoms with Crippen molar-refractivity contribution in [2.24, 2.45) is 0 Å². The second-order valence-electron chi connectivity index (χ2n) is 4.38. The molecule has 1 amide bonds. The van der Waals surface area contributed by atoms with Crippen LogP contribution < -0.4 is 5.32 Å². The van der Waals surface area contributed by atoms with E-state index in [9.17, 15) is 9.90 Å². The molecule has 0 radical (unpaired) electrons. The minimum absolute atomic E-state index is 0.310. The molecule has 1 aromatic heterocycles. The summed E-state index contributed by atoms with van der Waals surface area (Å²) >= 11 is 0. The van der Waals surface area contributed by atoms with Crippen LogP contribution in [0.5, 0.6) is 0 Å². The molecule has 1 aliphatic rings. The molecule has 2 N–H and O–H groups in total. The fourth-order valence-corrected chi connectivity index (χ4v) is 1.98. The van der Waals surface area contributed by atoms with Crippen molar-refractivity contribution < 1.29 is 9.90 Å². The van der Waals surface area contributed by atoms with Crippen LogP contribution in [0.15, 0.2) is 18.3 Å². The number of carbonyl (C=O) groups is 1. The number of carbonyl (C=O) groups excluding carboxylic acids is 1. The largest absolute Gasteiger partial charge is 0.380 e.